The average molecular weight is 515 g/mol. The second kappa shape index (κ2) is 12.8. The number of hydrogen-bond donors (Lipinski definition) is 2. The van der Waals surface area contributed by atoms with Crippen molar-refractivity contribution >= 4 is 12.0 Å². The number of amides is 2. The number of urea groups is 1. The average Bonchev–Trinajstić information content (AvgIpc) is 2.90. The van der Waals surface area contributed by atoms with E-state index in [1.165, 1.54) is 0 Å². The Morgan fingerprint density at radius 1 is 1.11 bits per heavy atom. The second-order valence-corrected chi connectivity index (χ2v) is 9.29. The van der Waals surface area contributed by atoms with Gasteiger partial charge in [-0.25, -0.2) is 9.59 Å². The summed E-state index contributed by atoms with van der Waals surface area (Å²) in [6.45, 7) is 7.25. The lowest BCUT2D eigenvalue weighted by Gasteiger charge is -2.38. The first kappa shape index (κ1) is 28.3. The van der Waals surface area contributed by atoms with Crippen LogP contribution in [0.1, 0.15) is 48.1 Å². The number of carboxylic acids is 1. The molecule has 37 heavy (non-hydrogen) atoms. The number of nitrogens with zero attached hydrogens (tertiary/aromatic N) is 1. The third kappa shape index (κ3) is 6.53. The third-order valence-electron chi connectivity index (χ3n) is 7.06. The molecular weight excluding hydrogens is 476 g/mol. The highest BCUT2D eigenvalue weighted by Gasteiger charge is 2.43. The first-order valence-corrected chi connectivity index (χ1v) is 12.5. The number of hydrogen-bond acceptors (Lipinski definition) is 6. The standard InChI is InChI=1S/C28H38N2O7/c1-19-23(17-24(34-4)20(2)25(19)35-5)21(3)30(13-16-37-18-22-9-7-6-8-10-22)27(33)29-28(26(31)32)11-14-36-15-12-28/h6-10,17,21H,11-16,18H2,1-5H3,(H,29,33)(H,31,32). The minimum absolute atomic E-state index is 0.200. The summed E-state index contributed by atoms with van der Waals surface area (Å²) in [5.74, 6) is 0.275. The largest absolute Gasteiger partial charge is 0.496 e. The van der Waals surface area contributed by atoms with Gasteiger partial charge in [0.05, 0.1) is 33.5 Å². The van der Waals surface area contributed by atoms with Crippen LogP contribution in [0.4, 0.5) is 4.79 Å². The summed E-state index contributed by atoms with van der Waals surface area (Å²) in [7, 11) is 3.20. The minimum atomic E-state index is -1.38. The number of benzene rings is 2. The Labute approximate surface area is 218 Å². The van der Waals surface area contributed by atoms with Crippen LogP contribution in [0.3, 0.4) is 0 Å². The van der Waals surface area contributed by atoms with Gasteiger partial charge in [-0.1, -0.05) is 30.3 Å². The van der Waals surface area contributed by atoms with E-state index in [2.05, 4.69) is 5.32 Å². The van der Waals surface area contributed by atoms with Crippen LogP contribution in [0.15, 0.2) is 36.4 Å². The predicted octanol–water partition coefficient (Wildman–Crippen LogP) is 4.24. The van der Waals surface area contributed by atoms with Gasteiger partial charge in [-0.15, -0.1) is 0 Å². The number of methoxy groups -OCH3 is 2. The van der Waals surface area contributed by atoms with Crippen molar-refractivity contribution in [1.29, 1.82) is 0 Å². The number of carbonyl (C=O) groups is 2. The molecule has 0 spiro atoms. The summed E-state index contributed by atoms with van der Waals surface area (Å²) >= 11 is 0. The lowest BCUT2D eigenvalue weighted by molar-refractivity contribution is -0.148. The molecule has 0 bridgehead atoms. The van der Waals surface area contributed by atoms with Crippen molar-refractivity contribution in [2.75, 3.05) is 40.6 Å². The summed E-state index contributed by atoms with van der Waals surface area (Å²) in [5.41, 5.74) is 2.25. The SMILES string of the molecule is COc1cc(C(C)N(CCOCc2ccccc2)C(=O)NC2(C(=O)O)CCOCC2)c(C)c(OC)c1C. The topological polar surface area (TPSA) is 107 Å². The van der Waals surface area contributed by atoms with Gasteiger partial charge in [0, 0.05) is 38.2 Å². The maximum Gasteiger partial charge on any atom is 0.329 e. The van der Waals surface area contributed by atoms with Gasteiger partial charge in [-0.2, -0.15) is 0 Å². The lowest BCUT2D eigenvalue weighted by atomic mass is 9.90. The first-order chi connectivity index (χ1) is 17.7. The fourth-order valence-corrected chi connectivity index (χ4v) is 4.79. The number of carbonyl (C=O) groups excluding carboxylic acids is 1. The summed E-state index contributed by atoms with van der Waals surface area (Å²) < 4.78 is 22.5. The third-order valence-corrected chi connectivity index (χ3v) is 7.06. The predicted molar refractivity (Wildman–Crippen MR) is 139 cm³/mol. The van der Waals surface area contributed by atoms with Gasteiger partial charge < -0.3 is 34.3 Å². The number of aliphatic carboxylic acids is 1. The molecular formula is C28H38N2O7. The van der Waals surface area contributed by atoms with Crippen molar-refractivity contribution < 1.29 is 33.6 Å². The molecule has 1 heterocycles. The zero-order chi connectivity index (χ0) is 27.0. The van der Waals surface area contributed by atoms with Gasteiger partial charge >= 0.3 is 12.0 Å². The van der Waals surface area contributed by atoms with Crippen LogP contribution in [-0.2, 0) is 20.9 Å². The van der Waals surface area contributed by atoms with Crippen LogP contribution in [0.25, 0.3) is 0 Å². The van der Waals surface area contributed by atoms with Gasteiger partial charge in [0.1, 0.15) is 17.0 Å². The van der Waals surface area contributed by atoms with Crippen molar-refractivity contribution in [2.24, 2.45) is 0 Å². The fraction of sp³-hybridized carbons (Fsp3) is 0.500. The van der Waals surface area contributed by atoms with Crippen molar-refractivity contribution in [3.05, 3.63) is 58.7 Å². The molecule has 1 aliphatic heterocycles. The molecule has 2 N–H and O–H groups in total. The normalized spacial score (nSPS) is 15.5. The van der Waals surface area contributed by atoms with Crippen LogP contribution in [0.2, 0.25) is 0 Å². The molecule has 1 atom stereocenters. The van der Waals surface area contributed by atoms with E-state index in [-0.39, 0.29) is 39.2 Å². The Morgan fingerprint density at radius 3 is 2.38 bits per heavy atom. The van der Waals surface area contributed by atoms with Crippen molar-refractivity contribution in [1.82, 2.24) is 10.2 Å². The van der Waals surface area contributed by atoms with Gasteiger partial charge in [0.15, 0.2) is 0 Å². The van der Waals surface area contributed by atoms with E-state index in [0.29, 0.717) is 18.1 Å². The molecule has 0 aliphatic carbocycles. The van der Waals surface area contributed by atoms with Crippen LogP contribution in [0, 0.1) is 13.8 Å². The molecule has 0 saturated carbocycles. The van der Waals surface area contributed by atoms with Gasteiger partial charge in [-0.3, -0.25) is 0 Å². The Balaban J connectivity index is 1.88. The monoisotopic (exact) mass is 514 g/mol. The van der Waals surface area contributed by atoms with Gasteiger partial charge in [0.25, 0.3) is 0 Å². The maximum atomic E-state index is 13.7. The highest BCUT2D eigenvalue weighted by Crippen LogP contribution is 2.38. The Morgan fingerprint density at radius 2 is 1.78 bits per heavy atom. The number of carboxylic acid groups (broad SMARTS) is 1. The van der Waals surface area contributed by atoms with E-state index >= 15 is 0 Å². The lowest BCUT2D eigenvalue weighted by Crippen LogP contribution is -2.60. The number of rotatable bonds is 11. The van der Waals surface area contributed by atoms with Crippen molar-refractivity contribution in [2.45, 2.75) is 51.8 Å². The maximum absolute atomic E-state index is 13.7. The number of nitrogens with one attached hydrogen (secondary N) is 1. The van der Waals surface area contributed by atoms with E-state index in [4.69, 9.17) is 18.9 Å². The smallest absolute Gasteiger partial charge is 0.329 e. The summed E-state index contributed by atoms with van der Waals surface area (Å²) in [6, 6.07) is 10.8. The Bertz CT molecular complexity index is 1070. The van der Waals surface area contributed by atoms with E-state index in [9.17, 15) is 14.7 Å². The van der Waals surface area contributed by atoms with Crippen LogP contribution >= 0.6 is 0 Å². The molecule has 3 rings (SSSR count). The van der Waals surface area contributed by atoms with Gasteiger partial charge in [0.2, 0.25) is 0 Å². The molecule has 2 amide bonds. The Kier molecular flexibility index (Phi) is 9.77. The molecule has 1 saturated heterocycles. The van der Waals surface area contributed by atoms with Crippen molar-refractivity contribution in [3.63, 3.8) is 0 Å². The minimum Gasteiger partial charge on any atom is -0.496 e. The van der Waals surface area contributed by atoms with E-state index < -0.39 is 23.6 Å². The van der Waals surface area contributed by atoms with Crippen LogP contribution in [-0.4, -0.2) is 68.1 Å². The summed E-state index contributed by atoms with van der Waals surface area (Å²) in [5, 5.41) is 12.8. The molecule has 202 valence electrons. The summed E-state index contributed by atoms with van der Waals surface area (Å²) in [6.07, 6.45) is 0.401. The van der Waals surface area contributed by atoms with E-state index in [1.807, 2.05) is 57.2 Å². The van der Waals surface area contributed by atoms with Crippen LogP contribution < -0.4 is 14.8 Å². The zero-order valence-corrected chi connectivity index (χ0v) is 22.3. The first-order valence-electron chi connectivity index (χ1n) is 12.5. The van der Waals surface area contributed by atoms with Gasteiger partial charge in [-0.05, 0) is 43.5 Å². The number of ether oxygens (including phenoxy) is 4. The fourth-order valence-electron chi connectivity index (χ4n) is 4.79. The highest BCUT2D eigenvalue weighted by molar-refractivity contribution is 5.86. The summed E-state index contributed by atoms with van der Waals surface area (Å²) in [4.78, 5) is 27.5. The molecule has 2 aromatic carbocycles. The molecule has 1 unspecified atom stereocenters. The van der Waals surface area contributed by atoms with E-state index in [0.717, 1.165) is 22.3 Å². The molecule has 2 aromatic rings. The molecule has 1 aliphatic rings. The second-order valence-electron chi connectivity index (χ2n) is 9.29. The highest BCUT2D eigenvalue weighted by atomic mass is 16.5. The van der Waals surface area contributed by atoms with Crippen molar-refractivity contribution in [3.8, 4) is 11.5 Å². The molecule has 0 aromatic heterocycles. The van der Waals surface area contributed by atoms with E-state index in [1.54, 1.807) is 19.1 Å². The quantitative estimate of drug-likeness (QED) is 0.432. The van der Waals surface area contributed by atoms with Crippen LogP contribution in [0.5, 0.6) is 11.5 Å². The molecule has 1 fully saturated rings. The zero-order valence-electron chi connectivity index (χ0n) is 22.3. The molecule has 9 heteroatoms. The molecule has 9 nitrogen and oxygen atoms in total. The molecule has 0 radical (unpaired) electrons. The Hall–Kier alpha value is -3.30.